The predicted molar refractivity (Wildman–Crippen MR) is 69.9 cm³/mol. The molecule has 0 unspecified atom stereocenters. The molecule has 0 atom stereocenters. The van der Waals surface area contributed by atoms with Crippen LogP contribution in [0.2, 0.25) is 0 Å². The lowest BCUT2D eigenvalue weighted by Crippen LogP contribution is -1.85. The van der Waals surface area contributed by atoms with Crippen LogP contribution in [0.1, 0.15) is 0 Å². The van der Waals surface area contributed by atoms with Crippen LogP contribution >= 0.6 is 0 Å². The highest BCUT2D eigenvalue weighted by Gasteiger charge is 2.04. The van der Waals surface area contributed by atoms with Crippen molar-refractivity contribution in [3.8, 4) is 22.7 Å². The third-order valence-electron chi connectivity index (χ3n) is 2.83. The Balaban J connectivity index is 1.97. The molecule has 0 spiro atoms. The van der Waals surface area contributed by atoms with Crippen molar-refractivity contribution in [2.24, 2.45) is 0 Å². The molecule has 0 fully saturated rings. The number of imidazole rings is 1. The first-order valence-electron chi connectivity index (χ1n) is 5.68. The Bertz CT molecular complexity index is 641. The molecular formula is C14H13N3O. The van der Waals surface area contributed by atoms with E-state index in [4.69, 9.17) is 4.74 Å². The molecule has 1 aromatic carbocycles. The van der Waals surface area contributed by atoms with Crippen molar-refractivity contribution in [2.45, 2.75) is 0 Å². The fourth-order valence-electron chi connectivity index (χ4n) is 1.87. The van der Waals surface area contributed by atoms with E-state index in [2.05, 4.69) is 9.97 Å². The standard InChI is InChI=1S/C14H13N3O/c1-18-13-4-2-3-11(7-13)14-9-17(10-16-14)12-5-6-15-8-12/h2-10,15H,1H3. The molecule has 3 rings (SSSR count). The van der Waals surface area contributed by atoms with E-state index >= 15 is 0 Å². The van der Waals surface area contributed by atoms with Crippen LogP contribution in [0.4, 0.5) is 0 Å². The maximum absolute atomic E-state index is 5.22. The number of rotatable bonds is 3. The van der Waals surface area contributed by atoms with Gasteiger partial charge in [-0.25, -0.2) is 4.98 Å². The van der Waals surface area contributed by atoms with E-state index in [9.17, 15) is 0 Å². The first-order chi connectivity index (χ1) is 8.86. The van der Waals surface area contributed by atoms with Crippen LogP contribution in [-0.4, -0.2) is 21.6 Å². The summed E-state index contributed by atoms with van der Waals surface area (Å²) in [6, 6.07) is 9.88. The molecule has 0 aliphatic rings. The number of aromatic nitrogens is 3. The maximum atomic E-state index is 5.22. The predicted octanol–water partition coefficient (Wildman–Crippen LogP) is 2.88. The van der Waals surface area contributed by atoms with Gasteiger partial charge in [0.1, 0.15) is 5.75 Å². The third-order valence-corrected chi connectivity index (χ3v) is 2.83. The smallest absolute Gasteiger partial charge is 0.119 e. The van der Waals surface area contributed by atoms with Crippen molar-refractivity contribution in [1.82, 2.24) is 14.5 Å². The van der Waals surface area contributed by atoms with Crippen LogP contribution in [0.5, 0.6) is 5.75 Å². The van der Waals surface area contributed by atoms with Gasteiger partial charge in [0.25, 0.3) is 0 Å². The SMILES string of the molecule is COc1cccc(-c2cn(-c3cc[nH]c3)cn2)c1. The van der Waals surface area contributed by atoms with Gasteiger partial charge in [-0.1, -0.05) is 12.1 Å². The van der Waals surface area contributed by atoms with Crippen LogP contribution in [0.15, 0.2) is 55.2 Å². The minimum atomic E-state index is 0.837. The highest BCUT2D eigenvalue weighted by atomic mass is 16.5. The fourth-order valence-corrected chi connectivity index (χ4v) is 1.87. The fraction of sp³-hybridized carbons (Fsp3) is 0.0714. The van der Waals surface area contributed by atoms with Gasteiger partial charge >= 0.3 is 0 Å². The van der Waals surface area contributed by atoms with E-state index in [0.29, 0.717) is 0 Å². The van der Waals surface area contributed by atoms with Crippen LogP contribution < -0.4 is 4.74 Å². The molecule has 4 heteroatoms. The summed E-state index contributed by atoms with van der Waals surface area (Å²) < 4.78 is 7.19. The van der Waals surface area contributed by atoms with Gasteiger partial charge in [0.05, 0.1) is 24.8 Å². The lowest BCUT2D eigenvalue weighted by atomic mass is 10.1. The number of nitrogens with one attached hydrogen (secondary N) is 1. The quantitative estimate of drug-likeness (QED) is 0.763. The number of ether oxygens (including phenoxy) is 1. The Labute approximate surface area is 105 Å². The van der Waals surface area contributed by atoms with Crippen LogP contribution in [0, 0.1) is 0 Å². The molecule has 0 aliphatic carbocycles. The molecule has 90 valence electrons. The van der Waals surface area contributed by atoms with E-state index in [-0.39, 0.29) is 0 Å². The van der Waals surface area contributed by atoms with Gasteiger partial charge in [-0.05, 0) is 18.2 Å². The van der Waals surface area contributed by atoms with Gasteiger partial charge in [0.15, 0.2) is 0 Å². The van der Waals surface area contributed by atoms with Crippen molar-refractivity contribution in [2.75, 3.05) is 7.11 Å². The Morgan fingerprint density at radius 2 is 2.22 bits per heavy atom. The summed E-state index contributed by atoms with van der Waals surface area (Å²) in [5, 5.41) is 0. The molecule has 2 heterocycles. The highest BCUT2D eigenvalue weighted by molar-refractivity contribution is 5.61. The van der Waals surface area contributed by atoms with Gasteiger partial charge in [0.2, 0.25) is 0 Å². The average Bonchev–Trinajstić information content (AvgIpc) is 3.09. The lowest BCUT2D eigenvalue weighted by Gasteiger charge is -2.01. The number of nitrogens with zero attached hydrogens (tertiary/aromatic N) is 2. The third kappa shape index (κ3) is 1.88. The summed E-state index contributed by atoms with van der Waals surface area (Å²) >= 11 is 0. The van der Waals surface area contributed by atoms with Crippen molar-refractivity contribution in [1.29, 1.82) is 0 Å². The zero-order valence-electron chi connectivity index (χ0n) is 10.00. The number of benzene rings is 1. The number of hydrogen-bond donors (Lipinski definition) is 1. The normalized spacial score (nSPS) is 10.5. The van der Waals surface area contributed by atoms with Gasteiger partial charge in [-0.15, -0.1) is 0 Å². The Morgan fingerprint density at radius 3 is 3.00 bits per heavy atom. The van der Waals surface area contributed by atoms with Crippen molar-refractivity contribution < 1.29 is 4.74 Å². The molecule has 4 nitrogen and oxygen atoms in total. The van der Waals surface area contributed by atoms with E-state index < -0.39 is 0 Å². The second-order valence-corrected chi connectivity index (χ2v) is 3.97. The largest absolute Gasteiger partial charge is 0.497 e. The Morgan fingerprint density at radius 1 is 1.28 bits per heavy atom. The van der Waals surface area contributed by atoms with Gasteiger partial charge in [-0.2, -0.15) is 0 Å². The van der Waals surface area contributed by atoms with Crippen LogP contribution in [0.25, 0.3) is 16.9 Å². The number of H-pyrrole nitrogens is 1. The number of aromatic amines is 1. The van der Waals surface area contributed by atoms with Crippen molar-refractivity contribution in [3.63, 3.8) is 0 Å². The zero-order chi connectivity index (χ0) is 12.4. The second-order valence-electron chi connectivity index (χ2n) is 3.97. The molecule has 0 radical (unpaired) electrons. The summed E-state index contributed by atoms with van der Waals surface area (Å²) in [4.78, 5) is 7.44. The van der Waals surface area contributed by atoms with Crippen LogP contribution in [-0.2, 0) is 0 Å². The summed E-state index contributed by atoms with van der Waals surface area (Å²) in [5.41, 5.74) is 3.04. The van der Waals surface area contributed by atoms with E-state index in [1.165, 1.54) is 0 Å². The van der Waals surface area contributed by atoms with Gasteiger partial charge in [-0.3, -0.25) is 0 Å². The zero-order valence-corrected chi connectivity index (χ0v) is 10.00. The first-order valence-corrected chi connectivity index (χ1v) is 5.68. The highest BCUT2D eigenvalue weighted by Crippen LogP contribution is 2.23. The molecule has 18 heavy (non-hydrogen) atoms. The second kappa shape index (κ2) is 4.41. The molecule has 0 bridgehead atoms. The van der Waals surface area contributed by atoms with E-state index in [1.54, 1.807) is 13.4 Å². The molecular weight excluding hydrogens is 226 g/mol. The summed E-state index contributed by atoms with van der Waals surface area (Å²) in [5.74, 6) is 0.837. The topological polar surface area (TPSA) is 42.8 Å². The number of hydrogen-bond acceptors (Lipinski definition) is 2. The molecule has 1 N–H and O–H groups in total. The monoisotopic (exact) mass is 239 g/mol. The molecule has 0 aliphatic heterocycles. The Hall–Kier alpha value is -2.49. The minimum Gasteiger partial charge on any atom is -0.497 e. The maximum Gasteiger partial charge on any atom is 0.119 e. The van der Waals surface area contributed by atoms with Crippen molar-refractivity contribution in [3.05, 3.63) is 55.2 Å². The average molecular weight is 239 g/mol. The van der Waals surface area contributed by atoms with Crippen LogP contribution in [0.3, 0.4) is 0 Å². The van der Waals surface area contributed by atoms with Crippen molar-refractivity contribution >= 4 is 0 Å². The van der Waals surface area contributed by atoms with E-state index in [0.717, 1.165) is 22.7 Å². The molecule has 3 aromatic rings. The number of methoxy groups -OCH3 is 1. The molecule has 2 aromatic heterocycles. The molecule has 0 saturated heterocycles. The van der Waals surface area contributed by atoms with Gasteiger partial charge in [0, 0.05) is 24.2 Å². The molecule has 0 saturated carbocycles. The Kier molecular flexibility index (Phi) is 2.61. The summed E-state index contributed by atoms with van der Waals surface area (Å²) in [7, 11) is 1.66. The molecule has 0 amide bonds. The first kappa shape index (κ1) is 10.7. The summed E-state index contributed by atoms with van der Waals surface area (Å²) in [6.45, 7) is 0. The minimum absolute atomic E-state index is 0.837. The van der Waals surface area contributed by atoms with E-state index in [1.807, 2.05) is 53.5 Å². The summed E-state index contributed by atoms with van der Waals surface area (Å²) in [6.07, 6.45) is 7.62. The lowest BCUT2D eigenvalue weighted by molar-refractivity contribution is 0.415. The van der Waals surface area contributed by atoms with Gasteiger partial charge < -0.3 is 14.3 Å².